The van der Waals surface area contributed by atoms with E-state index in [-0.39, 0.29) is 0 Å². The zero-order valence-electron chi connectivity index (χ0n) is 30.5. The number of benzene rings is 8. The molecule has 266 valence electrons. The van der Waals surface area contributed by atoms with E-state index in [0.29, 0.717) is 17.5 Å². The van der Waals surface area contributed by atoms with Crippen LogP contribution in [0.5, 0.6) is 0 Å². The summed E-state index contributed by atoms with van der Waals surface area (Å²) in [5, 5.41) is 7.60. The molecule has 0 bridgehead atoms. The highest BCUT2D eigenvalue weighted by Crippen LogP contribution is 2.47. The second kappa shape index (κ2) is 12.6. The van der Waals surface area contributed by atoms with Crippen molar-refractivity contribution in [2.45, 2.75) is 0 Å². The maximum absolute atomic E-state index is 5.00. The van der Waals surface area contributed by atoms with Crippen molar-refractivity contribution in [1.29, 1.82) is 0 Å². The molecule has 12 rings (SSSR count). The Morgan fingerprint density at radius 2 is 0.842 bits per heavy atom. The third-order valence-electron chi connectivity index (χ3n) is 11.2. The largest absolute Gasteiger partial charge is 0.309 e. The fraction of sp³-hybridized carbons (Fsp3) is 0. The van der Waals surface area contributed by atoms with Gasteiger partial charge in [-0.3, -0.25) is 0 Å². The Morgan fingerprint density at radius 3 is 1.49 bits per heavy atom. The van der Waals surface area contributed by atoms with Crippen molar-refractivity contribution < 1.29 is 0 Å². The molecule has 0 N–H and O–H groups in total. The SMILES string of the molecule is c1ccc(-c2nc(-c3ccccc3)nc(-c3ccc(-n4c5ccccc5c5ccc6sc7c(ccc8c7c7ccccc7n8-c7ccccc7)c6c54)cc3)n2)cc1. The number of aromatic nitrogens is 5. The van der Waals surface area contributed by atoms with Crippen LogP contribution in [0.3, 0.4) is 0 Å². The van der Waals surface area contributed by atoms with Crippen LogP contribution >= 0.6 is 11.3 Å². The Hall–Kier alpha value is -7.41. The summed E-state index contributed by atoms with van der Waals surface area (Å²) in [6.07, 6.45) is 0. The number of fused-ring (bicyclic) bond motifs is 11. The van der Waals surface area contributed by atoms with Crippen LogP contribution in [0.2, 0.25) is 0 Å². The van der Waals surface area contributed by atoms with Crippen LogP contribution in [0.1, 0.15) is 0 Å². The highest BCUT2D eigenvalue weighted by Gasteiger charge is 2.22. The molecule has 8 aromatic carbocycles. The summed E-state index contributed by atoms with van der Waals surface area (Å²) in [6, 6.07) is 66.5. The van der Waals surface area contributed by atoms with Crippen LogP contribution in [0, 0.1) is 0 Å². The predicted octanol–water partition coefficient (Wildman–Crippen LogP) is 13.4. The topological polar surface area (TPSA) is 48.5 Å². The van der Waals surface area contributed by atoms with Gasteiger partial charge in [-0.2, -0.15) is 0 Å². The summed E-state index contributed by atoms with van der Waals surface area (Å²) in [4.78, 5) is 14.9. The molecule has 0 saturated carbocycles. The average Bonchev–Trinajstić information content (AvgIpc) is 3.95. The van der Waals surface area contributed by atoms with E-state index in [1.54, 1.807) is 0 Å². The molecule has 0 amide bonds. The first kappa shape index (κ1) is 31.9. The number of para-hydroxylation sites is 3. The fourth-order valence-electron chi connectivity index (χ4n) is 8.65. The molecule has 6 heteroatoms. The molecule has 57 heavy (non-hydrogen) atoms. The molecule has 0 spiro atoms. The van der Waals surface area contributed by atoms with Crippen LogP contribution in [0.4, 0.5) is 0 Å². The predicted molar refractivity (Wildman–Crippen MR) is 238 cm³/mol. The van der Waals surface area contributed by atoms with Crippen LogP contribution < -0.4 is 0 Å². The van der Waals surface area contributed by atoms with E-state index in [2.05, 4.69) is 137 Å². The smallest absolute Gasteiger partial charge is 0.164 e. The van der Waals surface area contributed by atoms with E-state index in [1.807, 2.05) is 72.0 Å². The number of hydrogen-bond donors (Lipinski definition) is 0. The van der Waals surface area contributed by atoms with E-state index in [0.717, 1.165) is 22.4 Å². The molecule has 0 unspecified atom stereocenters. The van der Waals surface area contributed by atoms with Crippen molar-refractivity contribution in [2.75, 3.05) is 0 Å². The minimum Gasteiger partial charge on any atom is -0.309 e. The first-order chi connectivity index (χ1) is 28.3. The summed E-state index contributed by atoms with van der Waals surface area (Å²) < 4.78 is 7.43. The monoisotopic (exact) mass is 745 g/mol. The van der Waals surface area contributed by atoms with E-state index in [1.165, 1.54) is 69.5 Å². The second-order valence-electron chi connectivity index (χ2n) is 14.4. The van der Waals surface area contributed by atoms with Gasteiger partial charge in [0.1, 0.15) is 0 Å². The lowest BCUT2D eigenvalue weighted by Crippen LogP contribution is -2.00. The summed E-state index contributed by atoms with van der Waals surface area (Å²) in [5.41, 5.74) is 9.91. The number of nitrogens with zero attached hydrogens (tertiary/aromatic N) is 5. The highest BCUT2D eigenvalue weighted by molar-refractivity contribution is 7.27. The molecule has 0 aliphatic carbocycles. The summed E-state index contributed by atoms with van der Waals surface area (Å²) >= 11 is 1.89. The number of thiophene rings is 1. The molecule has 4 heterocycles. The van der Waals surface area contributed by atoms with Crippen molar-refractivity contribution >= 4 is 75.1 Å². The standard InChI is InChI=1S/C51H31N5S/c1-4-14-32(15-5-1)49-52-50(33-16-6-2-7-17-33)54-51(53-49)34-24-26-36(27-25-34)56-41-22-12-10-20-37(41)38-29-31-44-46(47(38)56)40-28-30-43-45(48(40)57-44)39-21-11-13-23-42(39)55(43)35-18-8-3-9-19-35/h1-31H. The minimum atomic E-state index is 0.640. The van der Waals surface area contributed by atoms with Crippen LogP contribution in [0.15, 0.2) is 188 Å². The van der Waals surface area contributed by atoms with Gasteiger partial charge in [-0.1, -0.05) is 127 Å². The first-order valence-electron chi connectivity index (χ1n) is 19.1. The number of rotatable bonds is 5. The van der Waals surface area contributed by atoms with E-state index in [9.17, 15) is 0 Å². The third kappa shape index (κ3) is 4.91. The maximum Gasteiger partial charge on any atom is 0.164 e. The second-order valence-corrected chi connectivity index (χ2v) is 15.5. The lowest BCUT2D eigenvalue weighted by atomic mass is 10.1. The Labute approximate surface area is 331 Å². The molecule has 0 saturated heterocycles. The van der Waals surface area contributed by atoms with Gasteiger partial charge in [0.25, 0.3) is 0 Å². The van der Waals surface area contributed by atoms with E-state index in [4.69, 9.17) is 15.0 Å². The van der Waals surface area contributed by atoms with Gasteiger partial charge in [0, 0.05) is 69.8 Å². The number of hydrogen-bond acceptors (Lipinski definition) is 4. The van der Waals surface area contributed by atoms with Crippen molar-refractivity contribution in [3.05, 3.63) is 188 Å². The van der Waals surface area contributed by atoms with Crippen molar-refractivity contribution in [2.24, 2.45) is 0 Å². The molecule has 5 nitrogen and oxygen atoms in total. The van der Waals surface area contributed by atoms with E-state index < -0.39 is 0 Å². The van der Waals surface area contributed by atoms with Crippen molar-refractivity contribution in [3.8, 4) is 45.5 Å². The molecule has 0 fully saturated rings. The lowest BCUT2D eigenvalue weighted by molar-refractivity contribution is 1.07. The third-order valence-corrected chi connectivity index (χ3v) is 12.4. The van der Waals surface area contributed by atoms with Gasteiger partial charge in [-0.05, 0) is 60.7 Å². The van der Waals surface area contributed by atoms with Crippen molar-refractivity contribution in [1.82, 2.24) is 24.1 Å². The van der Waals surface area contributed by atoms with Crippen LogP contribution in [-0.2, 0) is 0 Å². The van der Waals surface area contributed by atoms with E-state index >= 15 is 0 Å². The Morgan fingerprint density at radius 1 is 0.333 bits per heavy atom. The van der Waals surface area contributed by atoms with Gasteiger partial charge in [-0.25, -0.2) is 15.0 Å². The molecule has 0 atom stereocenters. The average molecular weight is 746 g/mol. The fourth-order valence-corrected chi connectivity index (χ4v) is 9.91. The van der Waals surface area contributed by atoms with Crippen molar-refractivity contribution in [3.63, 3.8) is 0 Å². The van der Waals surface area contributed by atoms with Gasteiger partial charge in [0.05, 0.1) is 22.1 Å². The van der Waals surface area contributed by atoms with Gasteiger partial charge >= 0.3 is 0 Å². The quantitative estimate of drug-likeness (QED) is 0.176. The molecule has 0 radical (unpaired) electrons. The maximum atomic E-state index is 5.00. The highest BCUT2D eigenvalue weighted by atomic mass is 32.1. The van der Waals surface area contributed by atoms with Crippen LogP contribution in [-0.4, -0.2) is 24.1 Å². The molecule has 0 aliphatic rings. The Bertz CT molecular complexity index is 3430. The van der Waals surface area contributed by atoms with Gasteiger partial charge < -0.3 is 9.13 Å². The van der Waals surface area contributed by atoms with Gasteiger partial charge in [0.2, 0.25) is 0 Å². The summed E-state index contributed by atoms with van der Waals surface area (Å²) in [5.74, 6) is 1.94. The zero-order valence-corrected chi connectivity index (χ0v) is 31.4. The minimum absolute atomic E-state index is 0.640. The molecule has 4 aromatic heterocycles. The van der Waals surface area contributed by atoms with Gasteiger partial charge in [0.15, 0.2) is 17.5 Å². The summed E-state index contributed by atoms with van der Waals surface area (Å²) in [6.45, 7) is 0. The molecule has 12 aromatic rings. The Balaban J connectivity index is 1.08. The molecular weight excluding hydrogens is 715 g/mol. The molecular formula is C51H31N5S. The lowest BCUT2D eigenvalue weighted by Gasteiger charge is -2.11. The van der Waals surface area contributed by atoms with Crippen LogP contribution in [0.25, 0.3) is 109 Å². The molecule has 0 aliphatic heterocycles. The normalized spacial score (nSPS) is 11.9. The summed E-state index contributed by atoms with van der Waals surface area (Å²) in [7, 11) is 0. The van der Waals surface area contributed by atoms with Gasteiger partial charge in [-0.15, -0.1) is 11.3 Å². The Kier molecular flexibility index (Phi) is 7.03. The first-order valence-corrected chi connectivity index (χ1v) is 19.9. The zero-order chi connectivity index (χ0) is 37.5.